The molecule has 1 saturated heterocycles. The highest BCUT2D eigenvalue weighted by atomic mass is 35.5. The van der Waals surface area contributed by atoms with E-state index < -0.39 is 0 Å². The highest BCUT2D eigenvalue weighted by Gasteiger charge is 2.25. The van der Waals surface area contributed by atoms with Gasteiger partial charge in [0.1, 0.15) is 11.3 Å². The van der Waals surface area contributed by atoms with E-state index in [0.29, 0.717) is 10.7 Å². The molecule has 0 atom stereocenters. The molecule has 0 bridgehead atoms. The van der Waals surface area contributed by atoms with Gasteiger partial charge in [-0.05, 0) is 31.4 Å². The number of pyridine rings is 1. The van der Waals surface area contributed by atoms with Crippen molar-refractivity contribution >= 4 is 23.2 Å². The fourth-order valence-electron chi connectivity index (χ4n) is 2.61. The molecular weight excluding hydrogens is 262 g/mol. The van der Waals surface area contributed by atoms with Crippen molar-refractivity contribution in [1.29, 1.82) is 0 Å². The van der Waals surface area contributed by atoms with E-state index in [9.17, 15) is 4.79 Å². The fourth-order valence-corrected chi connectivity index (χ4v) is 2.77. The largest absolute Gasteiger partial charge is 0.337 e. The number of aromatic nitrogens is 2. The average molecular weight is 278 g/mol. The van der Waals surface area contributed by atoms with Crippen LogP contribution >= 0.6 is 11.6 Å². The van der Waals surface area contributed by atoms with Crippen molar-refractivity contribution in [1.82, 2.24) is 14.3 Å². The number of halogens is 1. The number of hydrogen-bond acceptors (Lipinski definition) is 2. The monoisotopic (exact) mass is 277 g/mol. The van der Waals surface area contributed by atoms with Crippen LogP contribution in [0.4, 0.5) is 0 Å². The third kappa shape index (κ3) is 2.10. The van der Waals surface area contributed by atoms with Crippen LogP contribution in [-0.2, 0) is 6.42 Å². The Balaban J connectivity index is 2.14. The van der Waals surface area contributed by atoms with Crippen LogP contribution < -0.4 is 0 Å². The molecule has 0 aliphatic carbocycles. The molecule has 0 N–H and O–H groups in total. The quantitative estimate of drug-likeness (QED) is 0.846. The van der Waals surface area contributed by atoms with E-state index >= 15 is 0 Å². The molecule has 1 fully saturated rings. The maximum absolute atomic E-state index is 12.6. The van der Waals surface area contributed by atoms with Crippen LogP contribution in [0.2, 0.25) is 5.02 Å². The molecule has 2 aromatic heterocycles. The van der Waals surface area contributed by atoms with Gasteiger partial charge in [-0.3, -0.25) is 9.20 Å². The van der Waals surface area contributed by atoms with Crippen molar-refractivity contribution in [3.63, 3.8) is 0 Å². The number of carbonyl (C=O) groups is 1. The summed E-state index contributed by atoms with van der Waals surface area (Å²) in [7, 11) is 0. The van der Waals surface area contributed by atoms with Gasteiger partial charge in [0.2, 0.25) is 0 Å². The van der Waals surface area contributed by atoms with E-state index in [-0.39, 0.29) is 5.91 Å². The summed E-state index contributed by atoms with van der Waals surface area (Å²) in [4.78, 5) is 19.1. The Morgan fingerprint density at radius 2 is 2.11 bits per heavy atom. The highest BCUT2D eigenvalue weighted by Crippen LogP contribution is 2.20. The molecule has 0 aromatic carbocycles. The van der Waals surface area contributed by atoms with Crippen molar-refractivity contribution < 1.29 is 4.79 Å². The van der Waals surface area contributed by atoms with Gasteiger partial charge in [0.25, 0.3) is 5.91 Å². The number of fused-ring (bicyclic) bond motifs is 1. The third-order valence-electron chi connectivity index (χ3n) is 3.59. The molecule has 19 heavy (non-hydrogen) atoms. The number of rotatable bonds is 2. The Kier molecular flexibility index (Phi) is 3.19. The average Bonchev–Trinajstić information content (AvgIpc) is 3.04. The van der Waals surface area contributed by atoms with E-state index in [1.807, 2.05) is 22.3 Å². The SMILES string of the molecule is CCc1nc2ccc(Cl)cn2c1C(=O)N1CCCC1. The van der Waals surface area contributed by atoms with E-state index in [4.69, 9.17) is 11.6 Å². The minimum atomic E-state index is 0.0733. The lowest BCUT2D eigenvalue weighted by Crippen LogP contribution is -2.29. The molecule has 0 radical (unpaired) electrons. The molecule has 4 nitrogen and oxygen atoms in total. The smallest absolute Gasteiger partial charge is 0.272 e. The van der Waals surface area contributed by atoms with Crippen LogP contribution in [0, 0.1) is 0 Å². The van der Waals surface area contributed by atoms with E-state index in [1.165, 1.54) is 0 Å². The zero-order valence-electron chi connectivity index (χ0n) is 10.9. The second-order valence-electron chi connectivity index (χ2n) is 4.84. The molecule has 2 aromatic rings. The zero-order valence-corrected chi connectivity index (χ0v) is 11.7. The lowest BCUT2D eigenvalue weighted by Gasteiger charge is -2.15. The number of hydrogen-bond donors (Lipinski definition) is 0. The van der Waals surface area contributed by atoms with E-state index in [0.717, 1.165) is 43.7 Å². The molecule has 1 aliphatic heterocycles. The molecule has 5 heteroatoms. The fraction of sp³-hybridized carbons (Fsp3) is 0.429. The number of imidazole rings is 1. The van der Waals surface area contributed by atoms with Gasteiger partial charge in [-0.1, -0.05) is 18.5 Å². The highest BCUT2D eigenvalue weighted by molar-refractivity contribution is 6.30. The van der Waals surface area contributed by atoms with E-state index in [2.05, 4.69) is 4.98 Å². The van der Waals surface area contributed by atoms with Gasteiger partial charge in [-0.25, -0.2) is 4.98 Å². The summed E-state index contributed by atoms with van der Waals surface area (Å²) in [6.45, 7) is 3.70. The normalized spacial score (nSPS) is 15.4. The summed E-state index contributed by atoms with van der Waals surface area (Å²) in [5, 5.41) is 0.614. The van der Waals surface area contributed by atoms with Crippen LogP contribution in [0.1, 0.15) is 35.9 Å². The van der Waals surface area contributed by atoms with Crippen molar-refractivity contribution in [2.24, 2.45) is 0 Å². The topological polar surface area (TPSA) is 37.6 Å². The van der Waals surface area contributed by atoms with Gasteiger partial charge >= 0.3 is 0 Å². The summed E-state index contributed by atoms with van der Waals surface area (Å²) in [6.07, 6.45) is 4.69. The minimum absolute atomic E-state index is 0.0733. The molecule has 0 unspecified atom stereocenters. The Bertz CT molecular complexity index is 629. The van der Waals surface area contributed by atoms with Crippen LogP contribution in [0.25, 0.3) is 5.65 Å². The predicted octanol–water partition coefficient (Wildman–Crippen LogP) is 2.79. The molecule has 0 spiro atoms. The summed E-state index contributed by atoms with van der Waals surface area (Å²) in [6, 6.07) is 3.65. The standard InChI is InChI=1S/C14H16ClN3O/c1-2-11-13(14(19)17-7-3-4-8-17)18-9-10(15)5-6-12(18)16-11/h5-6,9H,2-4,7-8H2,1H3. The van der Waals surface area contributed by atoms with Gasteiger partial charge in [-0.2, -0.15) is 0 Å². The first-order valence-electron chi connectivity index (χ1n) is 6.66. The Hall–Kier alpha value is -1.55. The van der Waals surface area contributed by atoms with Gasteiger partial charge in [0.15, 0.2) is 0 Å². The van der Waals surface area contributed by atoms with Crippen molar-refractivity contribution in [3.05, 3.63) is 34.7 Å². The Morgan fingerprint density at radius 3 is 2.79 bits per heavy atom. The molecule has 0 saturated carbocycles. The van der Waals surface area contributed by atoms with Crippen molar-refractivity contribution in [2.75, 3.05) is 13.1 Å². The first-order chi connectivity index (χ1) is 9.20. The predicted molar refractivity (Wildman–Crippen MR) is 74.7 cm³/mol. The van der Waals surface area contributed by atoms with Crippen LogP contribution in [0.5, 0.6) is 0 Å². The first-order valence-corrected chi connectivity index (χ1v) is 7.04. The summed E-state index contributed by atoms with van der Waals surface area (Å²) in [5.41, 5.74) is 2.30. The maximum atomic E-state index is 12.6. The molecule has 3 rings (SSSR count). The van der Waals surface area contributed by atoms with Crippen LogP contribution in [-0.4, -0.2) is 33.3 Å². The van der Waals surface area contributed by atoms with Crippen LogP contribution in [0.3, 0.4) is 0 Å². The number of aryl methyl sites for hydroxylation is 1. The molecule has 100 valence electrons. The second kappa shape index (κ2) is 4.85. The molecular formula is C14H16ClN3O. The van der Waals surface area contributed by atoms with Crippen molar-refractivity contribution in [3.8, 4) is 0 Å². The summed E-state index contributed by atoms with van der Waals surface area (Å²) >= 11 is 6.03. The van der Waals surface area contributed by atoms with Gasteiger partial charge < -0.3 is 4.90 Å². The molecule has 3 heterocycles. The number of amides is 1. The molecule has 1 amide bonds. The summed E-state index contributed by atoms with van der Waals surface area (Å²) < 4.78 is 1.82. The van der Waals surface area contributed by atoms with Gasteiger partial charge in [-0.15, -0.1) is 0 Å². The lowest BCUT2D eigenvalue weighted by molar-refractivity contribution is 0.0785. The maximum Gasteiger partial charge on any atom is 0.272 e. The van der Waals surface area contributed by atoms with Crippen LogP contribution in [0.15, 0.2) is 18.3 Å². The number of nitrogens with zero attached hydrogens (tertiary/aromatic N) is 3. The number of carbonyl (C=O) groups excluding carboxylic acids is 1. The Labute approximate surface area is 117 Å². The summed E-state index contributed by atoms with van der Waals surface area (Å²) in [5.74, 6) is 0.0733. The second-order valence-corrected chi connectivity index (χ2v) is 5.27. The number of likely N-dealkylation sites (tertiary alicyclic amines) is 1. The zero-order chi connectivity index (χ0) is 13.4. The lowest BCUT2D eigenvalue weighted by atomic mass is 10.2. The van der Waals surface area contributed by atoms with Gasteiger partial charge in [0.05, 0.1) is 10.7 Å². The third-order valence-corrected chi connectivity index (χ3v) is 3.81. The minimum Gasteiger partial charge on any atom is -0.337 e. The molecule has 1 aliphatic rings. The van der Waals surface area contributed by atoms with Crippen molar-refractivity contribution in [2.45, 2.75) is 26.2 Å². The first kappa shape index (κ1) is 12.5. The van der Waals surface area contributed by atoms with E-state index in [1.54, 1.807) is 12.3 Å². The van der Waals surface area contributed by atoms with Gasteiger partial charge in [0, 0.05) is 19.3 Å². The Morgan fingerprint density at radius 1 is 1.37 bits per heavy atom.